The van der Waals surface area contributed by atoms with Gasteiger partial charge in [-0.05, 0) is 47.7 Å². The molecule has 0 unspecified atom stereocenters. The number of methoxy groups -OCH3 is 1. The van der Waals surface area contributed by atoms with Crippen molar-refractivity contribution in [1.29, 1.82) is 0 Å². The summed E-state index contributed by atoms with van der Waals surface area (Å²) in [4.78, 5) is 27.1. The number of H-pyrrole nitrogens is 1. The number of rotatable bonds is 5. The molecule has 0 saturated carbocycles. The first-order chi connectivity index (χ1) is 14.2. The molecule has 4 nitrogen and oxygen atoms in total. The largest absolute Gasteiger partial charge is 0.496 e. The summed E-state index contributed by atoms with van der Waals surface area (Å²) in [5.41, 5.74) is 4.45. The number of aromatic nitrogens is 1. The molecule has 0 saturated heterocycles. The molecule has 0 aliphatic rings. The van der Waals surface area contributed by atoms with Crippen LogP contribution in [0.15, 0.2) is 59.5 Å². The first-order valence-electron chi connectivity index (χ1n) is 9.91. The van der Waals surface area contributed by atoms with Crippen molar-refractivity contribution < 1.29 is 9.53 Å². The fourth-order valence-electron chi connectivity index (χ4n) is 3.51. The average Bonchev–Trinajstić information content (AvgIpc) is 2.71. The number of carbonyl (C=O) groups is 1. The van der Waals surface area contributed by atoms with Crippen LogP contribution < -0.4 is 10.3 Å². The molecule has 0 aliphatic carbocycles. The molecule has 154 valence electrons. The van der Waals surface area contributed by atoms with Gasteiger partial charge in [-0.2, -0.15) is 0 Å². The van der Waals surface area contributed by atoms with Gasteiger partial charge in [0.15, 0.2) is 5.78 Å². The van der Waals surface area contributed by atoms with E-state index in [0.29, 0.717) is 11.1 Å². The molecule has 0 aliphatic heterocycles. The summed E-state index contributed by atoms with van der Waals surface area (Å²) in [6.07, 6.45) is 5.48. The van der Waals surface area contributed by atoms with Crippen molar-refractivity contribution in [1.82, 2.24) is 4.98 Å². The SMILES string of the molecule is COc1c(/C=C/c2ccccc2C(C)=O)cc(-c2ccc[nH]c2=O)cc1C(C)(C)C. The lowest BCUT2D eigenvalue weighted by molar-refractivity contribution is 0.101. The summed E-state index contributed by atoms with van der Waals surface area (Å²) >= 11 is 0. The zero-order chi connectivity index (χ0) is 21.9. The lowest BCUT2D eigenvalue weighted by Gasteiger charge is -2.24. The zero-order valence-corrected chi connectivity index (χ0v) is 18.1. The fraction of sp³-hybridized carbons (Fsp3) is 0.231. The average molecular weight is 402 g/mol. The second kappa shape index (κ2) is 8.54. The van der Waals surface area contributed by atoms with Gasteiger partial charge in [-0.3, -0.25) is 9.59 Å². The predicted molar refractivity (Wildman–Crippen MR) is 123 cm³/mol. The summed E-state index contributed by atoms with van der Waals surface area (Å²) < 4.78 is 5.79. The number of hydrogen-bond acceptors (Lipinski definition) is 3. The number of hydrogen-bond donors (Lipinski definition) is 1. The highest BCUT2D eigenvalue weighted by Gasteiger charge is 2.22. The summed E-state index contributed by atoms with van der Waals surface area (Å²) in [7, 11) is 1.65. The van der Waals surface area contributed by atoms with Crippen LogP contribution in [0.4, 0.5) is 0 Å². The number of nitrogens with one attached hydrogen (secondary N) is 1. The maximum Gasteiger partial charge on any atom is 0.255 e. The quantitative estimate of drug-likeness (QED) is 0.439. The summed E-state index contributed by atoms with van der Waals surface area (Å²) in [6.45, 7) is 7.90. The van der Waals surface area contributed by atoms with Crippen molar-refractivity contribution in [2.75, 3.05) is 7.11 Å². The van der Waals surface area contributed by atoms with Gasteiger partial charge >= 0.3 is 0 Å². The maximum atomic E-state index is 12.4. The van der Waals surface area contributed by atoms with Crippen molar-refractivity contribution in [2.45, 2.75) is 33.1 Å². The van der Waals surface area contributed by atoms with Crippen LogP contribution in [0.2, 0.25) is 0 Å². The molecule has 0 amide bonds. The number of benzene rings is 2. The maximum absolute atomic E-state index is 12.4. The topological polar surface area (TPSA) is 59.2 Å². The molecule has 1 N–H and O–H groups in total. The van der Waals surface area contributed by atoms with Gasteiger partial charge in [-0.25, -0.2) is 0 Å². The number of ether oxygens (including phenoxy) is 1. The second-order valence-electron chi connectivity index (χ2n) is 8.29. The Hall–Kier alpha value is -3.40. The van der Waals surface area contributed by atoms with Crippen molar-refractivity contribution in [3.8, 4) is 16.9 Å². The van der Waals surface area contributed by atoms with Gasteiger partial charge in [0, 0.05) is 28.5 Å². The van der Waals surface area contributed by atoms with E-state index in [4.69, 9.17) is 4.74 Å². The van der Waals surface area contributed by atoms with Gasteiger partial charge < -0.3 is 9.72 Å². The first kappa shape index (κ1) is 21.3. The smallest absolute Gasteiger partial charge is 0.255 e. The highest BCUT2D eigenvalue weighted by Crippen LogP contribution is 2.38. The van der Waals surface area contributed by atoms with E-state index < -0.39 is 0 Å². The Bertz CT molecular complexity index is 1160. The van der Waals surface area contributed by atoms with Crippen LogP contribution in [0, 0.1) is 0 Å². The number of pyridine rings is 1. The molecule has 0 bridgehead atoms. The molecule has 3 aromatic rings. The van der Waals surface area contributed by atoms with Crippen molar-refractivity contribution in [3.05, 3.63) is 87.3 Å². The molecule has 0 radical (unpaired) electrons. The third kappa shape index (κ3) is 4.43. The van der Waals surface area contributed by atoms with Crippen molar-refractivity contribution >= 4 is 17.9 Å². The summed E-state index contributed by atoms with van der Waals surface area (Å²) in [5.74, 6) is 0.775. The molecule has 1 heterocycles. The summed E-state index contributed by atoms with van der Waals surface area (Å²) in [5, 5.41) is 0. The molecule has 0 spiro atoms. The highest BCUT2D eigenvalue weighted by molar-refractivity contribution is 5.98. The number of carbonyl (C=O) groups excluding carboxylic acids is 1. The van der Waals surface area contributed by atoms with Gasteiger partial charge in [0.05, 0.1) is 7.11 Å². The van der Waals surface area contributed by atoms with Crippen LogP contribution in [0.1, 0.15) is 54.7 Å². The van der Waals surface area contributed by atoms with Crippen molar-refractivity contribution in [3.63, 3.8) is 0 Å². The molecule has 4 heteroatoms. The van der Waals surface area contributed by atoms with E-state index in [1.54, 1.807) is 20.2 Å². The fourth-order valence-corrected chi connectivity index (χ4v) is 3.51. The van der Waals surface area contributed by atoms with Crippen LogP contribution in [0.3, 0.4) is 0 Å². The van der Waals surface area contributed by atoms with Crippen LogP contribution in [-0.2, 0) is 5.41 Å². The molecule has 0 fully saturated rings. The molecule has 3 rings (SSSR count). The highest BCUT2D eigenvalue weighted by atomic mass is 16.5. The first-order valence-corrected chi connectivity index (χ1v) is 9.91. The molecule has 0 atom stereocenters. The van der Waals surface area contributed by atoms with E-state index in [1.165, 1.54) is 0 Å². The van der Waals surface area contributed by atoms with E-state index in [1.807, 2.05) is 60.7 Å². The zero-order valence-electron chi connectivity index (χ0n) is 18.1. The Morgan fingerprint density at radius 2 is 1.70 bits per heavy atom. The predicted octanol–water partition coefficient (Wildman–Crippen LogP) is 5.72. The van der Waals surface area contributed by atoms with Crippen LogP contribution in [-0.4, -0.2) is 17.9 Å². The second-order valence-corrected chi connectivity index (χ2v) is 8.29. The lowest BCUT2D eigenvalue weighted by Crippen LogP contribution is -2.15. The van der Waals surface area contributed by atoms with E-state index in [9.17, 15) is 9.59 Å². The summed E-state index contributed by atoms with van der Waals surface area (Å²) in [6, 6.07) is 15.1. The van der Waals surface area contributed by atoms with Crippen LogP contribution in [0.25, 0.3) is 23.3 Å². The van der Waals surface area contributed by atoms with Gasteiger partial charge in [0.25, 0.3) is 5.56 Å². The Morgan fingerprint density at radius 3 is 2.33 bits per heavy atom. The molecular formula is C26H27NO3. The normalized spacial score (nSPS) is 11.6. The molecule has 1 aromatic heterocycles. The molecule has 2 aromatic carbocycles. The minimum Gasteiger partial charge on any atom is -0.496 e. The standard InChI is InChI=1S/C26H27NO3/c1-17(28)21-10-7-6-9-18(21)12-13-19-15-20(22-11-8-14-27-25(22)29)16-23(24(19)30-5)26(2,3)4/h6-16H,1-5H3,(H,27,29)/b13-12+. The number of aromatic amines is 1. The minimum atomic E-state index is -0.192. The Labute approximate surface area is 177 Å². The number of ketones is 1. The van der Waals surface area contributed by atoms with Crippen LogP contribution >= 0.6 is 0 Å². The lowest BCUT2D eigenvalue weighted by atomic mass is 9.83. The minimum absolute atomic E-state index is 0.0159. The molecule has 30 heavy (non-hydrogen) atoms. The monoisotopic (exact) mass is 401 g/mol. The van der Waals surface area contributed by atoms with Crippen molar-refractivity contribution in [2.24, 2.45) is 0 Å². The van der Waals surface area contributed by atoms with Crippen LogP contribution in [0.5, 0.6) is 5.75 Å². The van der Waals surface area contributed by atoms with Gasteiger partial charge in [-0.15, -0.1) is 0 Å². The molecular weight excluding hydrogens is 374 g/mol. The van der Waals surface area contributed by atoms with Gasteiger partial charge in [0.2, 0.25) is 0 Å². The van der Waals surface area contributed by atoms with E-state index >= 15 is 0 Å². The van der Waals surface area contributed by atoms with E-state index in [2.05, 4.69) is 25.8 Å². The Morgan fingerprint density at radius 1 is 1.00 bits per heavy atom. The van der Waals surface area contributed by atoms with E-state index in [0.717, 1.165) is 28.0 Å². The van der Waals surface area contributed by atoms with Gasteiger partial charge in [0.1, 0.15) is 5.75 Å². The third-order valence-corrected chi connectivity index (χ3v) is 5.04. The third-order valence-electron chi connectivity index (χ3n) is 5.04. The van der Waals surface area contributed by atoms with Gasteiger partial charge in [-0.1, -0.05) is 57.2 Å². The Balaban J connectivity index is 2.23. The number of Topliss-reactive ketones (excluding diaryl/α,β-unsaturated/α-hetero) is 1. The Kier molecular flexibility index (Phi) is 6.06. The van der Waals surface area contributed by atoms with E-state index in [-0.39, 0.29) is 16.8 Å².